The summed E-state index contributed by atoms with van der Waals surface area (Å²) < 4.78 is 2.18. The van der Waals surface area contributed by atoms with Gasteiger partial charge in [-0.25, -0.2) is 4.98 Å². The van der Waals surface area contributed by atoms with Gasteiger partial charge in [-0.05, 0) is 38.1 Å². The largest absolute Gasteiger partial charge is 0.356 e. The zero-order valence-corrected chi connectivity index (χ0v) is 17.1. The van der Waals surface area contributed by atoms with Gasteiger partial charge in [-0.15, -0.1) is 0 Å². The Labute approximate surface area is 174 Å². The number of benzene rings is 2. The first-order valence-electron chi connectivity index (χ1n) is 10.1. The van der Waals surface area contributed by atoms with Crippen molar-refractivity contribution < 1.29 is 14.4 Å². The second kappa shape index (κ2) is 8.10. The Morgan fingerprint density at radius 1 is 1.00 bits per heavy atom. The third-order valence-electron chi connectivity index (χ3n) is 5.30. The summed E-state index contributed by atoms with van der Waals surface area (Å²) in [5.41, 5.74) is 2.82. The summed E-state index contributed by atoms with van der Waals surface area (Å²) in [6.07, 6.45) is 0.678. The second-order valence-electron chi connectivity index (χ2n) is 7.64. The average Bonchev–Trinajstić information content (AvgIpc) is 3.22. The molecule has 154 valence electrons. The maximum atomic E-state index is 12.4. The van der Waals surface area contributed by atoms with Crippen LogP contribution >= 0.6 is 0 Å². The number of fused-ring (bicyclic) bond motifs is 2. The molecule has 0 fully saturated rings. The molecule has 0 saturated heterocycles. The van der Waals surface area contributed by atoms with Gasteiger partial charge in [-0.3, -0.25) is 19.3 Å². The van der Waals surface area contributed by atoms with E-state index in [1.807, 2.05) is 24.3 Å². The van der Waals surface area contributed by atoms with E-state index in [0.29, 0.717) is 24.1 Å². The molecule has 0 saturated carbocycles. The summed E-state index contributed by atoms with van der Waals surface area (Å²) in [5.74, 6) is 0.0497. The minimum Gasteiger partial charge on any atom is -0.356 e. The molecule has 1 aromatic heterocycles. The van der Waals surface area contributed by atoms with Crippen molar-refractivity contribution in [1.29, 1.82) is 0 Å². The fraction of sp³-hybridized carbons (Fsp3) is 0.304. The monoisotopic (exact) mass is 404 g/mol. The average molecular weight is 404 g/mol. The molecule has 2 aromatic carbocycles. The van der Waals surface area contributed by atoms with E-state index in [1.165, 1.54) is 0 Å². The minimum absolute atomic E-state index is 0.0721. The van der Waals surface area contributed by atoms with Gasteiger partial charge in [0.15, 0.2) is 0 Å². The van der Waals surface area contributed by atoms with Gasteiger partial charge in [-0.1, -0.05) is 24.3 Å². The number of carbonyl (C=O) groups excluding carboxylic acids is 3. The van der Waals surface area contributed by atoms with Crippen molar-refractivity contribution in [3.05, 3.63) is 65.5 Å². The van der Waals surface area contributed by atoms with E-state index >= 15 is 0 Å². The number of amides is 3. The van der Waals surface area contributed by atoms with Gasteiger partial charge in [0.1, 0.15) is 5.82 Å². The van der Waals surface area contributed by atoms with Crippen LogP contribution in [-0.2, 0) is 11.2 Å². The molecular weight excluding hydrogens is 380 g/mol. The van der Waals surface area contributed by atoms with Crippen LogP contribution in [0.2, 0.25) is 0 Å². The maximum Gasteiger partial charge on any atom is 0.261 e. The number of aromatic nitrogens is 2. The molecule has 7 heteroatoms. The van der Waals surface area contributed by atoms with Crippen molar-refractivity contribution >= 4 is 28.8 Å². The summed E-state index contributed by atoms with van der Waals surface area (Å²) >= 11 is 0. The quantitative estimate of drug-likeness (QED) is 0.614. The fourth-order valence-corrected chi connectivity index (χ4v) is 3.90. The second-order valence-corrected chi connectivity index (χ2v) is 7.64. The summed E-state index contributed by atoms with van der Waals surface area (Å²) in [7, 11) is 0. The number of carbonyl (C=O) groups is 3. The standard InChI is InChI=1S/C23H24N4O3/c1-15(2)27-19-10-6-5-9-18(19)25-20(27)11-13-24-21(28)12-14-26-22(29)16-7-3-4-8-17(16)23(26)30/h3-10,15H,11-14H2,1-2H3,(H,24,28). The highest BCUT2D eigenvalue weighted by atomic mass is 16.2. The lowest BCUT2D eigenvalue weighted by Crippen LogP contribution is -2.35. The van der Waals surface area contributed by atoms with Crippen molar-refractivity contribution in [3.8, 4) is 0 Å². The van der Waals surface area contributed by atoms with Crippen LogP contribution in [0.5, 0.6) is 0 Å². The van der Waals surface area contributed by atoms with Crippen LogP contribution in [0.25, 0.3) is 11.0 Å². The van der Waals surface area contributed by atoms with Gasteiger partial charge in [0, 0.05) is 32.0 Å². The molecule has 4 rings (SSSR count). The summed E-state index contributed by atoms with van der Waals surface area (Å²) in [5, 5.41) is 2.87. The molecule has 0 aliphatic carbocycles. The number of nitrogens with one attached hydrogen (secondary N) is 1. The van der Waals surface area contributed by atoms with E-state index < -0.39 is 0 Å². The van der Waals surface area contributed by atoms with E-state index in [9.17, 15) is 14.4 Å². The summed E-state index contributed by atoms with van der Waals surface area (Å²) in [4.78, 5) is 42.9. The lowest BCUT2D eigenvalue weighted by Gasteiger charge is -2.14. The zero-order valence-electron chi connectivity index (χ0n) is 17.1. The maximum absolute atomic E-state index is 12.4. The Hall–Kier alpha value is -3.48. The molecule has 2 heterocycles. The van der Waals surface area contributed by atoms with Crippen LogP contribution in [0.3, 0.4) is 0 Å². The number of hydrogen-bond acceptors (Lipinski definition) is 4. The summed E-state index contributed by atoms with van der Waals surface area (Å²) in [6, 6.07) is 15.0. The first-order valence-corrected chi connectivity index (χ1v) is 10.1. The van der Waals surface area contributed by atoms with Gasteiger partial charge in [0.25, 0.3) is 11.8 Å². The van der Waals surface area contributed by atoms with E-state index in [2.05, 4.69) is 23.7 Å². The van der Waals surface area contributed by atoms with Crippen molar-refractivity contribution in [2.24, 2.45) is 0 Å². The molecule has 3 aromatic rings. The van der Waals surface area contributed by atoms with Gasteiger partial charge in [-0.2, -0.15) is 0 Å². The van der Waals surface area contributed by atoms with E-state index in [4.69, 9.17) is 4.98 Å². The minimum atomic E-state index is -0.339. The molecule has 30 heavy (non-hydrogen) atoms. The van der Waals surface area contributed by atoms with Gasteiger partial charge in [0.2, 0.25) is 5.91 Å². The molecular formula is C23H24N4O3. The van der Waals surface area contributed by atoms with Crippen molar-refractivity contribution in [3.63, 3.8) is 0 Å². The van der Waals surface area contributed by atoms with Crippen molar-refractivity contribution in [2.45, 2.75) is 32.7 Å². The Bertz CT molecular complexity index is 1100. The number of imidazole rings is 1. The lowest BCUT2D eigenvalue weighted by molar-refractivity contribution is -0.121. The number of nitrogens with zero attached hydrogens (tertiary/aromatic N) is 3. The molecule has 1 aliphatic rings. The Morgan fingerprint density at radius 2 is 1.63 bits per heavy atom. The molecule has 1 N–H and O–H groups in total. The van der Waals surface area contributed by atoms with Gasteiger partial charge in [0.05, 0.1) is 22.2 Å². The van der Waals surface area contributed by atoms with Crippen molar-refractivity contribution in [2.75, 3.05) is 13.1 Å². The first kappa shape index (κ1) is 19.8. The molecule has 3 amide bonds. The highest BCUT2D eigenvalue weighted by molar-refractivity contribution is 6.21. The van der Waals surface area contributed by atoms with E-state index in [1.54, 1.807) is 24.3 Å². The third-order valence-corrected chi connectivity index (χ3v) is 5.30. The fourth-order valence-electron chi connectivity index (χ4n) is 3.90. The topological polar surface area (TPSA) is 84.3 Å². The normalized spacial score (nSPS) is 13.4. The highest BCUT2D eigenvalue weighted by Crippen LogP contribution is 2.23. The molecule has 7 nitrogen and oxygen atoms in total. The van der Waals surface area contributed by atoms with Gasteiger partial charge < -0.3 is 9.88 Å². The Kier molecular flexibility index (Phi) is 5.35. The molecule has 1 aliphatic heterocycles. The molecule has 0 atom stereocenters. The van der Waals surface area contributed by atoms with Crippen molar-refractivity contribution in [1.82, 2.24) is 19.8 Å². The zero-order chi connectivity index (χ0) is 21.3. The predicted octanol–water partition coefficient (Wildman–Crippen LogP) is 2.96. The van der Waals surface area contributed by atoms with Crippen LogP contribution < -0.4 is 5.32 Å². The number of hydrogen-bond donors (Lipinski definition) is 1. The van der Waals surface area contributed by atoms with Crippen LogP contribution in [0, 0.1) is 0 Å². The molecule has 0 bridgehead atoms. The van der Waals surface area contributed by atoms with E-state index in [0.717, 1.165) is 21.8 Å². The number of imide groups is 1. The first-order chi connectivity index (χ1) is 14.5. The molecule has 0 unspecified atom stereocenters. The van der Waals surface area contributed by atoms with Crippen LogP contribution in [0.15, 0.2) is 48.5 Å². The highest BCUT2D eigenvalue weighted by Gasteiger charge is 2.34. The molecule has 0 radical (unpaired) electrons. The third kappa shape index (κ3) is 3.58. The SMILES string of the molecule is CC(C)n1c(CCNC(=O)CCN2C(=O)c3ccccc3C2=O)nc2ccccc21. The Balaban J connectivity index is 1.32. The van der Waals surface area contributed by atoms with E-state index in [-0.39, 0.29) is 36.7 Å². The van der Waals surface area contributed by atoms with Crippen LogP contribution in [0.4, 0.5) is 0 Å². The smallest absolute Gasteiger partial charge is 0.261 e. The van der Waals surface area contributed by atoms with Crippen LogP contribution in [-0.4, -0.2) is 45.3 Å². The lowest BCUT2D eigenvalue weighted by atomic mass is 10.1. The number of para-hydroxylation sites is 2. The summed E-state index contributed by atoms with van der Waals surface area (Å²) in [6.45, 7) is 4.73. The predicted molar refractivity (Wildman–Crippen MR) is 113 cm³/mol. The van der Waals surface area contributed by atoms with Gasteiger partial charge >= 0.3 is 0 Å². The molecule has 0 spiro atoms. The number of rotatable bonds is 7. The Morgan fingerprint density at radius 3 is 2.30 bits per heavy atom. The van der Waals surface area contributed by atoms with Crippen LogP contribution in [0.1, 0.15) is 52.9 Å².